The van der Waals surface area contributed by atoms with Crippen molar-refractivity contribution < 1.29 is 10.2 Å². The van der Waals surface area contributed by atoms with Gasteiger partial charge in [-0.25, -0.2) is 4.68 Å². The van der Waals surface area contributed by atoms with E-state index in [1.165, 1.54) is 0 Å². The Morgan fingerprint density at radius 2 is 1.79 bits per heavy atom. The van der Waals surface area contributed by atoms with Gasteiger partial charge in [0.2, 0.25) is 0 Å². The number of hydrogen-bond acceptors (Lipinski definition) is 5. The first-order chi connectivity index (χ1) is 9.31. The van der Waals surface area contributed by atoms with E-state index in [0.29, 0.717) is 13.1 Å². The molecule has 0 bridgehead atoms. The van der Waals surface area contributed by atoms with E-state index in [9.17, 15) is 0 Å². The minimum atomic E-state index is 0.0629. The molecule has 0 saturated heterocycles. The summed E-state index contributed by atoms with van der Waals surface area (Å²) in [5.74, 6) is 0. The van der Waals surface area contributed by atoms with Crippen LogP contribution in [0.3, 0.4) is 0 Å². The highest BCUT2D eigenvalue weighted by atomic mass is 16.3. The molecule has 19 heavy (non-hydrogen) atoms. The third kappa shape index (κ3) is 4.13. The van der Waals surface area contributed by atoms with Crippen LogP contribution in [0.15, 0.2) is 30.5 Å². The van der Waals surface area contributed by atoms with Crippen LogP contribution in [-0.2, 0) is 26.2 Å². The molecule has 0 unspecified atom stereocenters. The maximum absolute atomic E-state index is 8.95. The van der Waals surface area contributed by atoms with E-state index in [0.717, 1.165) is 23.4 Å². The van der Waals surface area contributed by atoms with Crippen molar-refractivity contribution in [3.8, 4) is 0 Å². The Labute approximate surface area is 111 Å². The Morgan fingerprint density at radius 1 is 1.05 bits per heavy atom. The molecule has 0 amide bonds. The molecule has 0 aliphatic heterocycles. The number of rotatable bonds is 7. The molecule has 6 nitrogen and oxygen atoms in total. The van der Waals surface area contributed by atoms with Gasteiger partial charge in [0.05, 0.1) is 25.5 Å². The second kappa shape index (κ2) is 6.98. The van der Waals surface area contributed by atoms with E-state index in [2.05, 4.69) is 15.6 Å². The van der Waals surface area contributed by atoms with Gasteiger partial charge in [0.15, 0.2) is 0 Å². The number of nitrogens with zero attached hydrogens (tertiary/aromatic N) is 3. The lowest BCUT2D eigenvalue weighted by Crippen LogP contribution is -2.13. The lowest BCUT2D eigenvalue weighted by atomic mass is 10.1. The maximum atomic E-state index is 8.95. The predicted octanol–water partition coefficient (Wildman–Crippen LogP) is 0.0525. The molecule has 0 fully saturated rings. The van der Waals surface area contributed by atoms with Crippen molar-refractivity contribution in [2.45, 2.75) is 26.2 Å². The number of aliphatic hydroxyl groups is 2. The fourth-order valence-corrected chi connectivity index (χ4v) is 1.73. The van der Waals surface area contributed by atoms with Gasteiger partial charge in [-0.05, 0) is 11.1 Å². The maximum Gasteiger partial charge on any atom is 0.0964 e. The summed E-state index contributed by atoms with van der Waals surface area (Å²) in [6.07, 6.45) is 1.82. The molecule has 0 radical (unpaired) electrons. The molecule has 3 N–H and O–H groups in total. The van der Waals surface area contributed by atoms with E-state index in [-0.39, 0.29) is 13.2 Å². The van der Waals surface area contributed by atoms with E-state index >= 15 is 0 Å². The van der Waals surface area contributed by atoms with Crippen LogP contribution < -0.4 is 5.32 Å². The summed E-state index contributed by atoms with van der Waals surface area (Å²) in [7, 11) is 0. The van der Waals surface area contributed by atoms with Crippen LogP contribution in [0.4, 0.5) is 0 Å². The van der Waals surface area contributed by atoms with E-state index in [1.54, 1.807) is 4.68 Å². The molecule has 0 aliphatic carbocycles. The van der Waals surface area contributed by atoms with E-state index in [1.807, 2.05) is 30.5 Å². The van der Waals surface area contributed by atoms with E-state index < -0.39 is 0 Å². The number of benzene rings is 1. The summed E-state index contributed by atoms with van der Waals surface area (Å²) in [5.41, 5.74) is 2.91. The minimum Gasteiger partial charge on any atom is -0.394 e. The summed E-state index contributed by atoms with van der Waals surface area (Å²) < 4.78 is 1.62. The molecule has 0 atom stereocenters. The Balaban J connectivity index is 1.78. The van der Waals surface area contributed by atoms with Crippen molar-refractivity contribution in [2.75, 3.05) is 6.61 Å². The minimum absolute atomic E-state index is 0.0629. The summed E-state index contributed by atoms with van der Waals surface area (Å²) in [6, 6.07) is 7.80. The van der Waals surface area contributed by atoms with Crippen molar-refractivity contribution in [3.63, 3.8) is 0 Å². The summed E-state index contributed by atoms with van der Waals surface area (Å²) >= 11 is 0. The second-order valence-corrected chi connectivity index (χ2v) is 4.27. The molecular formula is C13H18N4O2. The van der Waals surface area contributed by atoms with Gasteiger partial charge in [-0.3, -0.25) is 0 Å². The summed E-state index contributed by atoms with van der Waals surface area (Å²) in [4.78, 5) is 0. The van der Waals surface area contributed by atoms with Crippen LogP contribution >= 0.6 is 0 Å². The van der Waals surface area contributed by atoms with Gasteiger partial charge in [0.25, 0.3) is 0 Å². The average molecular weight is 262 g/mol. The third-order valence-corrected chi connectivity index (χ3v) is 2.76. The zero-order chi connectivity index (χ0) is 13.5. The van der Waals surface area contributed by atoms with Crippen LogP contribution in [0.1, 0.15) is 16.8 Å². The van der Waals surface area contributed by atoms with Gasteiger partial charge in [0, 0.05) is 19.3 Å². The standard InChI is InChI=1S/C13H18N4O2/c18-6-5-17-9-13(15-16-17)8-14-7-11-1-3-12(10-19)4-2-11/h1-4,9,14,18-19H,5-8,10H2. The Hall–Kier alpha value is -1.76. The number of hydrogen-bond donors (Lipinski definition) is 3. The van der Waals surface area contributed by atoms with Gasteiger partial charge < -0.3 is 15.5 Å². The lowest BCUT2D eigenvalue weighted by molar-refractivity contribution is 0.268. The molecule has 1 aromatic heterocycles. The molecule has 2 rings (SSSR count). The highest BCUT2D eigenvalue weighted by molar-refractivity contribution is 5.21. The molecule has 102 valence electrons. The molecule has 0 spiro atoms. The molecule has 2 aromatic rings. The third-order valence-electron chi connectivity index (χ3n) is 2.76. The fourth-order valence-electron chi connectivity index (χ4n) is 1.73. The van der Waals surface area contributed by atoms with Crippen LogP contribution in [0.5, 0.6) is 0 Å². The Kier molecular flexibility index (Phi) is 5.02. The normalized spacial score (nSPS) is 10.8. The lowest BCUT2D eigenvalue weighted by Gasteiger charge is -2.03. The van der Waals surface area contributed by atoms with Gasteiger partial charge in [-0.15, -0.1) is 5.10 Å². The van der Waals surface area contributed by atoms with Crippen molar-refractivity contribution in [1.29, 1.82) is 0 Å². The first-order valence-corrected chi connectivity index (χ1v) is 6.21. The molecule has 0 aliphatic rings. The molecule has 1 aromatic carbocycles. The monoisotopic (exact) mass is 262 g/mol. The van der Waals surface area contributed by atoms with Crippen LogP contribution in [0, 0.1) is 0 Å². The topological polar surface area (TPSA) is 83.2 Å². The first kappa shape index (κ1) is 13.7. The predicted molar refractivity (Wildman–Crippen MR) is 70.0 cm³/mol. The largest absolute Gasteiger partial charge is 0.394 e. The van der Waals surface area contributed by atoms with Crippen molar-refractivity contribution in [1.82, 2.24) is 20.3 Å². The zero-order valence-corrected chi connectivity index (χ0v) is 10.7. The van der Waals surface area contributed by atoms with Gasteiger partial charge in [-0.2, -0.15) is 0 Å². The smallest absolute Gasteiger partial charge is 0.0964 e. The summed E-state index contributed by atoms with van der Waals surface area (Å²) in [6.45, 7) is 1.97. The zero-order valence-electron chi connectivity index (χ0n) is 10.7. The van der Waals surface area contributed by atoms with E-state index in [4.69, 9.17) is 10.2 Å². The van der Waals surface area contributed by atoms with Crippen LogP contribution in [-0.4, -0.2) is 31.8 Å². The highest BCUT2D eigenvalue weighted by Crippen LogP contribution is 2.04. The average Bonchev–Trinajstić information content (AvgIpc) is 2.88. The molecule has 0 saturated carbocycles. The second-order valence-electron chi connectivity index (χ2n) is 4.27. The molecule has 1 heterocycles. The number of nitrogens with one attached hydrogen (secondary N) is 1. The number of aromatic nitrogens is 3. The number of aliphatic hydroxyl groups excluding tert-OH is 2. The van der Waals surface area contributed by atoms with Crippen molar-refractivity contribution in [2.24, 2.45) is 0 Å². The quantitative estimate of drug-likeness (QED) is 0.657. The van der Waals surface area contributed by atoms with Crippen molar-refractivity contribution in [3.05, 3.63) is 47.3 Å². The fraction of sp³-hybridized carbons (Fsp3) is 0.385. The van der Waals surface area contributed by atoms with Gasteiger partial charge in [0.1, 0.15) is 0 Å². The van der Waals surface area contributed by atoms with Crippen molar-refractivity contribution >= 4 is 0 Å². The Morgan fingerprint density at radius 3 is 2.47 bits per heavy atom. The highest BCUT2D eigenvalue weighted by Gasteiger charge is 2.00. The molecular weight excluding hydrogens is 244 g/mol. The van der Waals surface area contributed by atoms with Gasteiger partial charge in [-0.1, -0.05) is 29.5 Å². The Bertz CT molecular complexity index is 496. The van der Waals surface area contributed by atoms with Crippen LogP contribution in [0.25, 0.3) is 0 Å². The molecule has 6 heteroatoms. The first-order valence-electron chi connectivity index (χ1n) is 6.21. The van der Waals surface area contributed by atoms with Crippen LogP contribution in [0.2, 0.25) is 0 Å². The SMILES string of the molecule is OCCn1cc(CNCc2ccc(CO)cc2)nn1. The summed E-state index contributed by atoms with van der Waals surface area (Å²) in [5, 5.41) is 28.9. The van der Waals surface area contributed by atoms with Gasteiger partial charge >= 0.3 is 0 Å².